The van der Waals surface area contributed by atoms with Gasteiger partial charge in [-0.25, -0.2) is 4.98 Å². The first-order chi connectivity index (χ1) is 5.82. The van der Waals surface area contributed by atoms with E-state index in [0.717, 1.165) is 5.69 Å². The molecule has 0 aromatic carbocycles. The van der Waals surface area contributed by atoms with Gasteiger partial charge in [0, 0.05) is 5.41 Å². The van der Waals surface area contributed by atoms with Crippen molar-refractivity contribution in [1.29, 1.82) is 0 Å². The maximum absolute atomic E-state index is 11.4. The first-order valence-corrected chi connectivity index (χ1v) is 5.17. The first kappa shape index (κ1) is 10.7. The lowest BCUT2D eigenvalue weighted by Crippen LogP contribution is -2.24. The molecule has 0 saturated carbocycles. The lowest BCUT2D eigenvalue weighted by molar-refractivity contribution is 0.558. The number of aryl methyl sites for hydroxylation is 1. The molecular formula is C9H13IN2O. The van der Waals surface area contributed by atoms with E-state index >= 15 is 0 Å². The Balaban J connectivity index is 3.46. The number of nitrogens with one attached hydrogen (secondary N) is 1. The van der Waals surface area contributed by atoms with Crippen molar-refractivity contribution in [3.05, 3.63) is 25.4 Å². The quantitative estimate of drug-likeness (QED) is 0.743. The van der Waals surface area contributed by atoms with E-state index in [2.05, 4.69) is 30.7 Å². The van der Waals surface area contributed by atoms with Gasteiger partial charge in [-0.05, 0) is 29.5 Å². The van der Waals surface area contributed by atoms with Gasteiger partial charge in [0.25, 0.3) is 5.56 Å². The van der Waals surface area contributed by atoms with E-state index in [1.165, 1.54) is 0 Å². The first-order valence-electron chi connectivity index (χ1n) is 4.09. The summed E-state index contributed by atoms with van der Waals surface area (Å²) in [6, 6.07) is 0. The molecule has 1 N–H and O–H groups in total. The highest BCUT2D eigenvalue weighted by Crippen LogP contribution is 2.22. The monoisotopic (exact) mass is 292 g/mol. The van der Waals surface area contributed by atoms with Gasteiger partial charge in [-0.3, -0.25) is 4.79 Å². The molecule has 0 bridgehead atoms. The van der Waals surface area contributed by atoms with Crippen LogP contribution < -0.4 is 5.56 Å². The Hall–Kier alpha value is -0.390. The molecule has 0 atom stereocenters. The van der Waals surface area contributed by atoms with Crippen LogP contribution in [-0.4, -0.2) is 9.97 Å². The summed E-state index contributed by atoms with van der Waals surface area (Å²) >= 11 is 2.04. The van der Waals surface area contributed by atoms with E-state index in [4.69, 9.17) is 0 Å². The van der Waals surface area contributed by atoms with Crippen molar-refractivity contribution in [3.63, 3.8) is 0 Å². The normalized spacial score (nSPS) is 11.8. The second-order valence-corrected chi connectivity index (χ2v) is 5.14. The highest BCUT2D eigenvalue weighted by atomic mass is 127. The van der Waals surface area contributed by atoms with Gasteiger partial charge in [-0.15, -0.1) is 0 Å². The van der Waals surface area contributed by atoms with Crippen LogP contribution in [0.1, 0.15) is 32.3 Å². The van der Waals surface area contributed by atoms with Crippen molar-refractivity contribution in [1.82, 2.24) is 9.97 Å². The average Bonchev–Trinajstić information content (AvgIpc) is 1.94. The number of halogens is 1. The third kappa shape index (κ3) is 2.30. The van der Waals surface area contributed by atoms with Gasteiger partial charge in [-0.2, -0.15) is 0 Å². The topological polar surface area (TPSA) is 45.8 Å². The lowest BCUT2D eigenvalue weighted by atomic mass is 9.92. The Labute approximate surface area is 91.1 Å². The molecule has 0 spiro atoms. The summed E-state index contributed by atoms with van der Waals surface area (Å²) in [7, 11) is 0. The fraction of sp³-hybridized carbons (Fsp3) is 0.556. The number of H-pyrrole nitrogens is 1. The SMILES string of the molecule is Cc1nc(C(C)(C)C)c(I)c(=O)[nH]1. The third-order valence-electron chi connectivity index (χ3n) is 1.69. The summed E-state index contributed by atoms with van der Waals surface area (Å²) in [4.78, 5) is 18.4. The molecule has 1 heterocycles. The van der Waals surface area contributed by atoms with E-state index in [1.807, 2.05) is 22.6 Å². The van der Waals surface area contributed by atoms with Gasteiger partial charge < -0.3 is 4.98 Å². The van der Waals surface area contributed by atoms with Crippen LogP contribution in [-0.2, 0) is 5.41 Å². The molecular weight excluding hydrogens is 279 g/mol. The van der Waals surface area contributed by atoms with Crippen LogP contribution in [0.4, 0.5) is 0 Å². The van der Waals surface area contributed by atoms with Gasteiger partial charge in [0.2, 0.25) is 0 Å². The average molecular weight is 292 g/mol. The van der Waals surface area contributed by atoms with Crippen molar-refractivity contribution >= 4 is 22.6 Å². The standard InChI is InChI=1S/C9H13IN2O/c1-5-11-7(9(2,3)4)6(10)8(13)12-5/h1-4H3,(H,11,12,13). The van der Waals surface area contributed by atoms with Crippen LogP contribution in [0, 0.1) is 10.5 Å². The van der Waals surface area contributed by atoms with E-state index < -0.39 is 0 Å². The zero-order valence-corrected chi connectivity index (χ0v) is 10.4. The molecule has 13 heavy (non-hydrogen) atoms. The Morgan fingerprint density at radius 3 is 2.38 bits per heavy atom. The smallest absolute Gasteiger partial charge is 0.264 e. The molecule has 1 aromatic heterocycles. The number of aromatic amines is 1. The molecule has 4 heteroatoms. The van der Waals surface area contributed by atoms with E-state index in [9.17, 15) is 4.79 Å². The van der Waals surface area contributed by atoms with E-state index in [-0.39, 0.29) is 11.0 Å². The predicted molar refractivity (Wildman–Crippen MR) is 61.0 cm³/mol. The van der Waals surface area contributed by atoms with Crippen molar-refractivity contribution in [2.24, 2.45) is 0 Å². The second-order valence-electron chi connectivity index (χ2n) is 4.06. The molecule has 0 fully saturated rings. The van der Waals surface area contributed by atoms with Gasteiger partial charge in [0.15, 0.2) is 0 Å². The maximum atomic E-state index is 11.4. The number of rotatable bonds is 0. The molecule has 3 nitrogen and oxygen atoms in total. The van der Waals surface area contributed by atoms with Crippen molar-refractivity contribution in [3.8, 4) is 0 Å². The molecule has 0 radical (unpaired) electrons. The summed E-state index contributed by atoms with van der Waals surface area (Å²) in [5.74, 6) is 0.676. The zero-order valence-electron chi connectivity index (χ0n) is 8.23. The highest BCUT2D eigenvalue weighted by molar-refractivity contribution is 14.1. The van der Waals surface area contributed by atoms with Crippen LogP contribution in [0.5, 0.6) is 0 Å². The van der Waals surface area contributed by atoms with Gasteiger partial charge in [-0.1, -0.05) is 20.8 Å². The number of hydrogen-bond donors (Lipinski definition) is 1. The molecule has 0 aliphatic rings. The Morgan fingerprint density at radius 1 is 1.38 bits per heavy atom. The van der Waals surface area contributed by atoms with E-state index in [0.29, 0.717) is 9.39 Å². The van der Waals surface area contributed by atoms with Gasteiger partial charge in [0.1, 0.15) is 9.39 Å². The van der Waals surface area contributed by atoms with E-state index in [1.54, 1.807) is 6.92 Å². The second kappa shape index (κ2) is 3.40. The third-order valence-corrected chi connectivity index (χ3v) is 2.69. The number of hydrogen-bond acceptors (Lipinski definition) is 2. The largest absolute Gasteiger partial charge is 0.310 e. The minimum Gasteiger partial charge on any atom is -0.310 e. The van der Waals surface area contributed by atoms with Crippen molar-refractivity contribution < 1.29 is 0 Å². The van der Waals surface area contributed by atoms with Crippen LogP contribution in [0.3, 0.4) is 0 Å². The Bertz CT molecular complexity index is 376. The summed E-state index contributed by atoms with van der Waals surface area (Å²) in [6.45, 7) is 7.95. The molecule has 1 rings (SSSR count). The fourth-order valence-corrected chi connectivity index (χ4v) is 2.13. The summed E-state index contributed by atoms with van der Waals surface area (Å²) in [6.07, 6.45) is 0. The highest BCUT2D eigenvalue weighted by Gasteiger charge is 2.20. The van der Waals surface area contributed by atoms with Crippen LogP contribution in [0.15, 0.2) is 4.79 Å². The minimum atomic E-state index is -0.0739. The fourth-order valence-electron chi connectivity index (χ4n) is 1.07. The molecule has 0 aliphatic heterocycles. The molecule has 72 valence electrons. The summed E-state index contributed by atoms with van der Waals surface area (Å²) in [5, 5.41) is 0. The Kier molecular flexibility index (Phi) is 2.79. The summed E-state index contributed by atoms with van der Waals surface area (Å²) < 4.78 is 0.690. The Morgan fingerprint density at radius 2 is 1.92 bits per heavy atom. The van der Waals surface area contributed by atoms with Gasteiger partial charge >= 0.3 is 0 Å². The molecule has 0 saturated heterocycles. The maximum Gasteiger partial charge on any atom is 0.264 e. The molecule has 0 amide bonds. The van der Waals surface area contributed by atoms with Crippen LogP contribution in [0.25, 0.3) is 0 Å². The lowest BCUT2D eigenvalue weighted by Gasteiger charge is -2.18. The molecule has 1 aromatic rings. The van der Waals surface area contributed by atoms with Crippen LogP contribution in [0.2, 0.25) is 0 Å². The van der Waals surface area contributed by atoms with Crippen LogP contribution >= 0.6 is 22.6 Å². The molecule has 0 unspecified atom stereocenters. The van der Waals surface area contributed by atoms with Crippen molar-refractivity contribution in [2.45, 2.75) is 33.1 Å². The van der Waals surface area contributed by atoms with Gasteiger partial charge in [0.05, 0.1) is 5.69 Å². The number of aromatic nitrogens is 2. The predicted octanol–water partition coefficient (Wildman–Crippen LogP) is 1.98. The molecule has 0 aliphatic carbocycles. The minimum absolute atomic E-state index is 0.0435. The zero-order chi connectivity index (χ0) is 10.2. The summed E-state index contributed by atoms with van der Waals surface area (Å²) in [5.41, 5.74) is 0.752. The van der Waals surface area contributed by atoms with Crippen molar-refractivity contribution in [2.75, 3.05) is 0 Å². The number of nitrogens with zero attached hydrogens (tertiary/aromatic N) is 1.